The summed E-state index contributed by atoms with van der Waals surface area (Å²) in [7, 11) is 0. The first-order valence-corrected chi connectivity index (χ1v) is 6.03. The summed E-state index contributed by atoms with van der Waals surface area (Å²) in [6.07, 6.45) is 3.57. The van der Waals surface area contributed by atoms with E-state index in [0.717, 1.165) is 25.7 Å². The molecular weight excluding hydrogens is 186 g/mol. The molecule has 0 aromatic heterocycles. The van der Waals surface area contributed by atoms with Crippen molar-refractivity contribution in [3.05, 3.63) is 0 Å². The van der Waals surface area contributed by atoms with Crippen LogP contribution in [-0.2, 0) is 0 Å². The van der Waals surface area contributed by atoms with Crippen LogP contribution in [-0.4, -0.2) is 10.7 Å². The maximum atomic E-state index is 10.8. The average molecular weight is 209 g/mol. The summed E-state index contributed by atoms with van der Waals surface area (Å²) in [5, 5.41) is 20.0. The minimum atomic E-state index is -0.789. The van der Waals surface area contributed by atoms with Crippen molar-refractivity contribution in [2.75, 3.05) is 0 Å². The average Bonchev–Trinajstić information content (AvgIpc) is 2.22. The highest BCUT2D eigenvalue weighted by molar-refractivity contribution is 5.11. The Kier molecular flexibility index (Phi) is 3.45. The first-order chi connectivity index (χ1) is 6.89. The third-order valence-electron chi connectivity index (χ3n) is 4.50. The topological polar surface area (TPSA) is 44.0 Å². The minimum Gasteiger partial charge on any atom is -0.388 e. The molecule has 2 heteroatoms. The molecule has 15 heavy (non-hydrogen) atoms. The van der Waals surface area contributed by atoms with Crippen molar-refractivity contribution in [1.29, 1.82) is 5.26 Å². The van der Waals surface area contributed by atoms with Gasteiger partial charge in [-0.05, 0) is 44.4 Å². The van der Waals surface area contributed by atoms with Gasteiger partial charge < -0.3 is 5.11 Å². The summed E-state index contributed by atoms with van der Waals surface area (Å²) in [6, 6.07) is 2.33. The molecule has 1 fully saturated rings. The van der Waals surface area contributed by atoms with E-state index in [0.29, 0.717) is 5.92 Å². The van der Waals surface area contributed by atoms with E-state index in [4.69, 9.17) is 0 Å². The van der Waals surface area contributed by atoms with Crippen LogP contribution in [0.15, 0.2) is 0 Å². The second kappa shape index (κ2) is 4.14. The summed E-state index contributed by atoms with van der Waals surface area (Å²) in [6.45, 7) is 8.21. The van der Waals surface area contributed by atoms with Crippen LogP contribution in [0.1, 0.15) is 53.4 Å². The van der Waals surface area contributed by atoms with Gasteiger partial charge in [0.25, 0.3) is 0 Å². The summed E-state index contributed by atoms with van der Waals surface area (Å²) >= 11 is 0. The van der Waals surface area contributed by atoms with Crippen molar-refractivity contribution in [2.24, 2.45) is 17.3 Å². The molecule has 1 rings (SSSR count). The molecule has 1 aliphatic carbocycles. The highest BCUT2D eigenvalue weighted by atomic mass is 16.3. The zero-order chi connectivity index (χ0) is 11.7. The minimum absolute atomic E-state index is 0.228. The smallest absolute Gasteiger partial charge is 0.0856 e. The largest absolute Gasteiger partial charge is 0.388 e. The van der Waals surface area contributed by atoms with Gasteiger partial charge >= 0.3 is 0 Å². The zero-order valence-corrected chi connectivity index (χ0v) is 10.4. The van der Waals surface area contributed by atoms with E-state index in [1.54, 1.807) is 0 Å². The lowest BCUT2D eigenvalue weighted by Crippen LogP contribution is -2.53. The second-order valence-corrected chi connectivity index (χ2v) is 5.50. The number of hydrogen-bond donors (Lipinski definition) is 1. The number of nitriles is 1. The Balaban J connectivity index is 2.96. The number of aliphatic hydroxyl groups is 1. The third-order valence-corrected chi connectivity index (χ3v) is 4.50. The maximum Gasteiger partial charge on any atom is 0.0856 e. The van der Waals surface area contributed by atoms with Crippen molar-refractivity contribution < 1.29 is 5.11 Å². The van der Waals surface area contributed by atoms with Gasteiger partial charge in [0.15, 0.2) is 0 Å². The van der Waals surface area contributed by atoms with Crippen LogP contribution >= 0.6 is 0 Å². The molecule has 2 nitrogen and oxygen atoms in total. The molecule has 1 aliphatic rings. The van der Waals surface area contributed by atoms with E-state index in [-0.39, 0.29) is 5.92 Å². The molecule has 1 N–H and O–H groups in total. The fraction of sp³-hybridized carbons (Fsp3) is 0.923. The first-order valence-electron chi connectivity index (χ1n) is 6.03. The van der Waals surface area contributed by atoms with Crippen LogP contribution < -0.4 is 0 Å². The molecule has 0 radical (unpaired) electrons. The standard InChI is InChI=1S/C13H23NO/c1-5-12(4,9-14)13(15)7-6-10(2)8-11(13)3/h10-11,15H,5-8H2,1-4H3. The number of nitrogens with zero attached hydrogens (tertiary/aromatic N) is 1. The second-order valence-electron chi connectivity index (χ2n) is 5.50. The lowest BCUT2D eigenvalue weighted by Gasteiger charge is -2.48. The fourth-order valence-corrected chi connectivity index (χ4v) is 2.93. The van der Waals surface area contributed by atoms with Crippen molar-refractivity contribution in [3.8, 4) is 6.07 Å². The van der Waals surface area contributed by atoms with Crippen molar-refractivity contribution in [1.82, 2.24) is 0 Å². The monoisotopic (exact) mass is 209 g/mol. The van der Waals surface area contributed by atoms with Crippen LogP contribution in [0.4, 0.5) is 0 Å². The molecular formula is C13H23NO. The Morgan fingerprint density at radius 1 is 1.53 bits per heavy atom. The van der Waals surface area contributed by atoms with E-state index in [9.17, 15) is 10.4 Å². The third kappa shape index (κ3) is 1.90. The van der Waals surface area contributed by atoms with Gasteiger partial charge in [-0.15, -0.1) is 0 Å². The van der Waals surface area contributed by atoms with Crippen LogP contribution in [0.2, 0.25) is 0 Å². The predicted molar refractivity (Wildman–Crippen MR) is 61.1 cm³/mol. The predicted octanol–water partition coefficient (Wildman–Crippen LogP) is 3.11. The summed E-state index contributed by atoms with van der Waals surface area (Å²) in [5.41, 5.74) is -1.38. The van der Waals surface area contributed by atoms with Gasteiger partial charge in [0.2, 0.25) is 0 Å². The molecule has 0 aromatic rings. The normalized spacial score (nSPS) is 40.5. The Labute approximate surface area is 93.3 Å². The van der Waals surface area contributed by atoms with Gasteiger partial charge in [0, 0.05) is 0 Å². The lowest BCUT2D eigenvalue weighted by molar-refractivity contribution is -0.122. The molecule has 0 bridgehead atoms. The van der Waals surface area contributed by atoms with Crippen LogP contribution in [0.5, 0.6) is 0 Å². The van der Waals surface area contributed by atoms with Crippen LogP contribution in [0.25, 0.3) is 0 Å². The highest BCUT2D eigenvalue weighted by Gasteiger charge is 2.51. The SMILES string of the molecule is CCC(C)(C#N)C1(O)CCC(C)CC1C. The molecule has 0 spiro atoms. The quantitative estimate of drug-likeness (QED) is 0.759. The van der Waals surface area contributed by atoms with Crippen LogP contribution in [0.3, 0.4) is 0 Å². The van der Waals surface area contributed by atoms with Gasteiger partial charge in [-0.2, -0.15) is 5.26 Å². The molecule has 4 unspecified atom stereocenters. The summed E-state index contributed by atoms with van der Waals surface area (Å²) in [5.74, 6) is 0.908. The van der Waals surface area contributed by atoms with Crippen LogP contribution in [0, 0.1) is 28.6 Å². The highest BCUT2D eigenvalue weighted by Crippen LogP contribution is 2.48. The van der Waals surface area contributed by atoms with E-state index >= 15 is 0 Å². The number of rotatable bonds is 2. The molecule has 0 aliphatic heterocycles. The van der Waals surface area contributed by atoms with Gasteiger partial charge in [0.1, 0.15) is 0 Å². The van der Waals surface area contributed by atoms with Crippen molar-refractivity contribution in [3.63, 3.8) is 0 Å². The Morgan fingerprint density at radius 2 is 2.13 bits per heavy atom. The Bertz CT molecular complexity index is 270. The van der Waals surface area contributed by atoms with Gasteiger partial charge in [-0.1, -0.05) is 20.8 Å². The molecule has 0 aromatic carbocycles. The fourth-order valence-electron chi connectivity index (χ4n) is 2.93. The van der Waals surface area contributed by atoms with E-state index in [1.165, 1.54) is 0 Å². The molecule has 0 amide bonds. The van der Waals surface area contributed by atoms with E-state index in [2.05, 4.69) is 19.9 Å². The van der Waals surface area contributed by atoms with Gasteiger partial charge in [-0.25, -0.2) is 0 Å². The lowest BCUT2D eigenvalue weighted by atomic mass is 9.59. The van der Waals surface area contributed by atoms with E-state index < -0.39 is 11.0 Å². The zero-order valence-electron chi connectivity index (χ0n) is 10.4. The first kappa shape index (κ1) is 12.5. The van der Waals surface area contributed by atoms with Gasteiger partial charge in [-0.3, -0.25) is 0 Å². The Hall–Kier alpha value is -0.550. The summed E-state index contributed by atoms with van der Waals surface area (Å²) in [4.78, 5) is 0. The molecule has 86 valence electrons. The molecule has 0 heterocycles. The maximum absolute atomic E-state index is 10.8. The molecule has 1 saturated carbocycles. The summed E-state index contributed by atoms with van der Waals surface area (Å²) < 4.78 is 0. The van der Waals surface area contributed by atoms with E-state index in [1.807, 2.05) is 13.8 Å². The molecule has 4 atom stereocenters. The van der Waals surface area contributed by atoms with Gasteiger partial charge in [0.05, 0.1) is 17.1 Å². The Morgan fingerprint density at radius 3 is 2.53 bits per heavy atom. The van der Waals surface area contributed by atoms with Crippen molar-refractivity contribution in [2.45, 2.75) is 59.0 Å². The number of hydrogen-bond acceptors (Lipinski definition) is 2. The molecule has 0 saturated heterocycles. The van der Waals surface area contributed by atoms with Crippen molar-refractivity contribution >= 4 is 0 Å².